The number of nitro benzene ring substituents is 1. The van der Waals surface area contributed by atoms with Crippen molar-refractivity contribution in [3.63, 3.8) is 0 Å². The van der Waals surface area contributed by atoms with E-state index in [1.54, 1.807) is 0 Å². The van der Waals surface area contributed by atoms with Crippen LogP contribution in [0.25, 0.3) is 0 Å². The van der Waals surface area contributed by atoms with Gasteiger partial charge in [-0.3, -0.25) is 14.9 Å². The molecular formula is C11H10N2O6. The summed E-state index contributed by atoms with van der Waals surface area (Å²) >= 11 is 0. The molecule has 1 aromatic carbocycles. The second-order valence-corrected chi connectivity index (χ2v) is 4.13. The number of benzene rings is 1. The monoisotopic (exact) mass is 266 g/mol. The Morgan fingerprint density at radius 1 is 1.37 bits per heavy atom. The van der Waals surface area contributed by atoms with Gasteiger partial charge in [0, 0.05) is 18.7 Å². The number of nitro groups is 1. The first-order valence-electron chi connectivity index (χ1n) is 5.44. The molecule has 8 nitrogen and oxygen atoms in total. The molecule has 8 heteroatoms. The highest BCUT2D eigenvalue weighted by Gasteiger charge is 2.31. The fourth-order valence-corrected chi connectivity index (χ4v) is 2.15. The molecule has 100 valence electrons. The van der Waals surface area contributed by atoms with Crippen molar-refractivity contribution in [3.8, 4) is 0 Å². The van der Waals surface area contributed by atoms with E-state index in [1.807, 2.05) is 0 Å². The second-order valence-electron chi connectivity index (χ2n) is 4.13. The molecule has 0 amide bonds. The van der Waals surface area contributed by atoms with E-state index in [2.05, 4.69) is 5.32 Å². The Kier molecular flexibility index (Phi) is 3.07. The molecule has 0 saturated heterocycles. The minimum Gasteiger partial charge on any atom is -0.481 e. The third kappa shape index (κ3) is 2.19. The van der Waals surface area contributed by atoms with Crippen LogP contribution in [0, 0.1) is 10.1 Å². The number of carboxylic acid groups (broad SMARTS) is 2. The highest BCUT2D eigenvalue weighted by Crippen LogP contribution is 2.37. The van der Waals surface area contributed by atoms with Gasteiger partial charge in [-0.15, -0.1) is 0 Å². The van der Waals surface area contributed by atoms with Gasteiger partial charge in [0.15, 0.2) is 0 Å². The number of anilines is 1. The molecule has 1 unspecified atom stereocenters. The Balaban J connectivity index is 2.69. The van der Waals surface area contributed by atoms with Crippen LogP contribution in [0.15, 0.2) is 12.1 Å². The van der Waals surface area contributed by atoms with Crippen LogP contribution >= 0.6 is 0 Å². The van der Waals surface area contributed by atoms with E-state index < -0.39 is 28.5 Å². The Bertz CT molecular complexity index is 583. The normalized spacial score (nSPS) is 17.2. The van der Waals surface area contributed by atoms with Gasteiger partial charge in [0.05, 0.1) is 22.1 Å². The lowest BCUT2D eigenvalue weighted by molar-refractivity contribution is -0.384. The molecule has 0 saturated carbocycles. The number of aliphatic carboxylic acids is 1. The van der Waals surface area contributed by atoms with E-state index in [9.17, 15) is 19.7 Å². The fraction of sp³-hybridized carbons (Fsp3) is 0.273. The summed E-state index contributed by atoms with van der Waals surface area (Å²) in [6.07, 6.45) is 0.253. The number of hydrogen-bond acceptors (Lipinski definition) is 5. The van der Waals surface area contributed by atoms with Gasteiger partial charge in [-0.05, 0) is 12.0 Å². The Labute approximate surface area is 106 Å². The average Bonchev–Trinajstić information content (AvgIpc) is 2.36. The Hall–Kier alpha value is -2.64. The molecule has 1 heterocycles. The molecule has 1 aromatic rings. The van der Waals surface area contributed by atoms with Gasteiger partial charge >= 0.3 is 11.9 Å². The first-order valence-corrected chi connectivity index (χ1v) is 5.44. The molecule has 0 spiro atoms. The van der Waals surface area contributed by atoms with Gasteiger partial charge in [-0.1, -0.05) is 0 Å². The van der Waals surface area contributed by atoms with Crippen molar-refractivity contribution >= 4 is 23.3 Å². The Morgan fingerprint density at radius 3 is 2.58 bits per heavy atom. The van der Waals surface area contributed by atoms with Crippen molar-refractivity contribution < 1.29 is 24.7 Å². The molecule has 0 aromatic heterocycles. The minimum atomic E-state index is -1.33. The van der Waals surface area contributed by atoms with Gasteiger partial charge in [-0.25, -0.2) is 4.79 Å². The maximum absolute atomic E-state index is 11.1. The first-order chi connectivity index (χ1) is 8.91. The summed E-state index contributed by atoms with van der Waals surface area (Å²) < 4.78 is 0. The predicted octanol–water partition coefficient (Wildman–Crippen LogP) is 1.28. The molecule has 1 aliphatic rings. The zero-order chi connectivity index (χ0) is 14.2. The summed E-state index contributed by atoms with van der Waals surface area (Å²) in [5.74, 6) is -3.40. The van der Waals surface area contributed by atoms with Gasteiger partial charge in [0.2, 0.25) is 0 Å². The lowest BCUT2D eigenvalue weighted by Gasteiger charge is -2.24. The number of nitrogens with one attached hydrogen (secondary N) is 1. The van der Waals surface area contributed by atoms with Crippen LogP contribution in [0.4, 0.5) is 11.4 Å². The summed E-state index contributed by atoms with van der Waals surface area (Å²) in [7, 11) is 0. The molecule has 0 bridgehead atoms. The first kappa shape index (κ1) is 12.8. The zero-order valence-electron chi connectivity index (χ0n) is 9.62. The molecule has 1 atom stereocenters. The molecule has 1 aliphatic heterocycles. The lowest BCUT2D eigenvalue weighted by Crippen LogP contribution is -2.24. The average molecular weight is 266 g/mol. The number of carbonyl (C=O) groups is 2. The Morgan fingerprint density at radius 2 is 2.05 bits per heavy atom. The van der Waals surface area contributed by atoms with Crippen molar-refractivity contribution in [1.82, 2.24) is 0 Å². The molecule has 3 N–H and O–H groups in total. The van der Waals surface area contributed by atoms with E-state index in [-0.39, 0.29) is 23.2 Å². The number of nitrogens with zero attached hydrogens (tertiary/aromatic N) is 1. The van der Waals surface area contributed by atoms with Gasteiger partial charge in [-0.2, -0.15) is 0 Å². The van der Waals surface area contributed by atoms with Gasteiger partial charge < -0.3 is 15.5 Å². The summed E-state index contributed by atoms with van der Waals surface area (Å²) in [5, 5.41) is 31.7. The second kappa shape index (κ2) is 4.56. The van der Waals surface area contributed by atoms with Crippen molar-refractivity contribution in [3.05, 3.63) is 33.4 Å². The van der Waals surface area contributed by atoms with Crippen molar-refractivity contribution in [2.75, 3.05) is 11.9 Å². The molecule has 0 radical (unpaired) electrons. The predicted molar refractivity (Wildman–Crippen MR) is 63.5 cm³/mol. The van der Waals surface area contributed by atoms with Crippen LogP contribution in [0.5, 0.6) is 0 Å². The highest BCUT2D eigenvalue weighted by atomic mass is 16.6. The summed E-state index contributed by atoms with van der Waals surface area (Å²) in [6.45, 7) is 0.308. The van der Waals surface area contributed by atoms with Crippen LogP contribution in [0.3, 0.4) is 0 Å². The van der Waals surface area contributed by atoms with Crippen LogP contribution in [-0.4, -0.2) is 33.6 Å². The summed E-state index contributed by atoms with van der Waals surface area (Å²) in [4.78, 5) is 32.3. The molecule has 19 heavy (non-hydrogen) atoms. The van der Waals surface area contributed by atoms with E-state index in [1.165, 1.54) is 0 Å². The van der Waals surface area contributed by atoms with Gasteiger partial charge in [0.25, 0.3) is 5.69 Å². The third-order valence-electron chi connectivity index (χ3n) is 3.00. The number of rotatable bonds is 3. The highest BCUT2D eigenvalue weighted by molar-refractivity contribution is 5.97. The fourth-order valence-electron chi connectivity index (χ4n) is 2.15. The summed E-state index contributed by atoms with van der Waals surface area (Å²) in [6, 6.07) is 2.05. The zero-order valence-corrected chi connectivity index (χ0v) is 9.62. The van der Waals surface area contributed by atoms with Gasteiger partial charge in [0.1, 0.15) is 0 Å². The number of non-ortho nitro benzene ring substituents is 1. The van der Waals surface area contributed by atoms with E-state index in [4.69, 9.17) is 10.2 Å². The van der Waals surface area contributed by atoms with Crippen molar-refractivity contribution in [2.45, 2.75) is 12.3 Å². The lowest BCUT2D eigenvalue weighted by atomic mass is 9.88. The number of hydrogen-bond donors (Lipinski definition) is 3. The quantitative estimate of drug-likeness (QED) is 0.554. The smallest absolute Gasteiger partial charge is 0.338 e. The van der Waals surface area contributed by atoms with Crippen molar-refractivity contribution in [2.24, 2.45) is 0 Å². The molecule has 0 fully saturated rings. The molecular weight excluding hydrogens is 256 g/mol. The third-order valence-corrected chi connectivity index (χ3v) is 3.00. The van der Waals surface area contributed by atoms with Crippen LogP contribution in [0.1, 0.15) is 28.3 Å². The summed E-state index contributed by atoms with van der Waals surface area (Å²) in [5.41, 5.74) is -0.414. The molecule has 0 aliphatic carbocycles. The van der Waals surface area contributed by atoms with E-state index in [0.29, 0.717) is 6.54 Å². The number of fused-ring (bicyclic) bond motifs is 1. The van der Waals surface area contributed by atoms with Crippen LogP contribution in [0.2, 0.25) is 0 Å². The SMILES string of the molecule is O=C(O)c1cc([N+](=O)[O-])cc2c1NCCC2C(=O)O. The number of carboxylic acids is 2. The van der Waals surface area contributed by atoms with Crippen LogP contribution in [-0.2, 0) is 4.79 Å². The number of aromatic carboxylic acids is 1. The minimum absolute atomic E-state index is 0.144. The van der Waals surface area contributed by atoms with E-state index >= 15 is 0 Å². The van der Waals surface area contributed by atoms with Crippen molar-refractivity contribution in [1.29, 1.82) is 0 Å². The van der Waals surface area contributed by atoms with E-state index in [0.717, 1.165) is 12.1 Å². The maximum atomic E-state index is 11.1. The topological polar surface area (TPSA) is 130 Å². The standard InChI is InChI=1S/C11H10N2O6/c14-10(15)6-1-2-12-9-7(6)3-5(13(18)19)4-8(9)11(16)17/h3-4,6,12H,1-2H2,(H,14,15)(H,16,17). The molecule has 2 rings (SSSR count). The maximum Gasteiger partial charge on any atom is 0.338 e. The van der Waals surface area contributed by atoms with Crippen LogP contribution < -0.4 is 5.32 Å². The largest absolute Gasteiger partial charge is 0.481 e.